The quantitative estimate of drug-likeness (QED) is 0.775. The number of benzene rings is 1. The van der Waals surface area contributed by atoms with Gasteiger partial charge in [0.2, 0.25) is 17.7 Å². The molecule has 6 heteroatoms. The van der Waals surface area contributed by atoms with Crippen LogP contribution in [0.4, 0.5) is 5.69 Å². The molecule has 25 heavy (non-hydrogen) atoms. The molecule has 0 atom stereocenters. The zero-order chi connectivity index (χ0) is 17.6. The van der Waals surface area contributed by atoms with E-state index >= 15 is 0 Å². The number of hydrogen-bond acceptors (Lipinski definition) is 4. The van der Waals surface area contributed by atoms with Crippen LogP contribution in [0.3, 0.4) is 0 Å². The minimum absolute atomic E-state index is 0.00921. The molecule has 2 aliphatic rings. The van der Waals surface area contributed by atoms with E-state index in [0.29, 0.717) is 18.0 Å². The Hall–Kier alpha value is -2.21. The normalized spacial score (nSPS) is 18.6. The van der Waals surface area contributed by atoms with Gasteiger partial charge in [0.05, 0.1) is 6.54 Å². The summed E-state index contributed by atoms with van der Waals surface area (Å²) >= 11 is 0. The molecule has 0 aliphatic carbocycles. The predicted molar refractivity (Wildman–Crippen MR) is 94.7 cm³/mol. The number of carbonyl (C=O) groups excluding carboxylic acids is 3. The van der Waals surface area contributed by atoms with Crippen molar-refractivity contribution in [2.45, 2.75) is 45.1 Å². The van der Waals surface area contributed by atoms with E-state index < -0.39 is 0 Å². The van der Waals surface area contributed by atoms with Crippen molar-refractivity contribution in [2.75, 3.05) is 18.4 Å². The number of imide groups is 1. The second-order valence-electron chi connectivity index (χ2n) is 6.81. The second kappa shape index (κ2) is 8.25. The highest BCUT2D eigenvalue weighted by molar-refractivity contribution is 6.02. The molecular weight excluding hydrogens is 318 g/mol. The highest BCUT2D eigenvalue weighted by Gasteiger charge is 2.29. The molecule has 0 bridgehead atoms. The van der Waals surface area contributed by atoms with Crippen molar-refractivity contribution in [1.82, 2.24) is 10.2 Å². The third kappa shape index (κ3) is 4.66. The number of carbonyl (C=O) groups is 3. The minimum atomic E-state index is -0.142. The minimum Gasteiger partial charge on any atom is -0.326 e. The summed E-state index contributed by atoms with van der Waals surface area (Å²) in [5.41, 5.74) is 1.48. The number of para-hydroxylation sites is 1. The summed E-state index contributed by atoms with van der Waals surface area (Å²) < 4.78 is 0. The van der Waals surface area contributed by atoms with Gasteiger partial charge in [-0.3, -0.25) is 19.3 Å². The van der Waals surface area contributed by atoms with Gasteiger partial charge in [0, 0.05) is 24.9 Å². The van der Waals surface area contributed by atoms with E-state index in [1.165, 1.54) is 4.90 Å². The first-order valence-electron chi connectivity index (χ1n) is 9.05. The van der Waals surface area contributed by atoms with E-state index in [9.17, 15) is 14.4 Å². The van der Waals surface area contributed by atoms with Gasteiger partial charge in [0.15, 0.2) is 0 Å². The molecule has 2 N–H and O–H groups in total. The third-order valence-corrected chi connectivity index (χ3v) is 5.01. The highest BCUT2D eigenvalue weighted by atomic mass is 16.2. The SMILES string of the molecule is O=C(CCC1CCNCC1)Nc1ccccc1CN1C(=O)CCC1=O. The van der Waals surface area contributed by atoms with Crippen LogP contribution in [0.5, 0.6) is 0 Å². The van der Waals surface area contributed by atoms with E-state index in [0.717, 1.165) is 37.9 Å². The van der Waals surface area contributed by atoms with Gasteiger partial charge in [-0.1, -0.05) is 18.2 Å². The van der Waals surface area contributed by atoms with Crippen LogP contribution in [0, 0.1) is 5.92 Å². The third-order valence-electron chi connectivity index (χ3n) is 5.01. The zero-order valence-corrected chi connectivity index (χ0v) is 14.4. The van der Waals surface area contributed by atoms with Crippen LogP contribution in [0.2, 0.25) is 0 Å². The molecular formula is C19H25N3O3. The van der Waals surface area contributed by atoms with Gasteiger partial charge in [0.1, 0.15) is 0 Å². The van der Waals surface area contributed by atoms with Gasteiger partial charge < -0.3 is 10.6 Å². The maximum absolute atomic E-state index is 12.3. The molecule has 0 aromatic heterocycles. The second-order valence-corrected chi connectivity index (χ2v) is 6.81. The molecule has 6 nitrogen and oxygen atoms in total. The average Bonchev–Trinajstić information content (AvgIpc) is 2.94. The Kier molecular flexibility index (Phi) is 5.81. The van der Waals surface area contributed by atoms with Crippen LogP contribution in [0.1, 0.15) is 44.1 Å². The van der Waals surface area contributed by atoms with Crippen molar-refractivity contribution in [1.29, 1.82) is 0 Å². The van der Waals surface area contributed by atoms with Crippen molar-refractivity contribution in [3.05, 3.63) is 29.8 Å². The van der Waals surface area contributed by atoms with Gasteiger partial charge in [-0.2, -0.15) is 0 Å². The van der Waals surface area contributed by atoms with Gasteiger partial charge >= 0.3 is 0 Å². The van der Waals surface area contributed by atoms with E-state index in [4.69, 9.17) is 0 Å². The summed E-state index contributed by atoms with van der Waals surface area (Å²) in [6.45, 7) is 2.29. The lowest BCUT2D eigenvalue weighted by Crippen LogP contribution is -2.29. The summed E-state index contributed by atoms with van der Waals surface area (Å²) in [5.74, 6) is 0.321. The lowest BCUT2D eigenvalue weighted by molar-refractivity contribution is -0.139. The Bertz CT molecular complexity index is 637. The molecule has 3 amide bonds. The lowest BCUT2D eigenvalue weighted by atomic mass is 9.93. The molecule has 2 fully saturated rings. The molecule has 2 aliphatic heterocycles. The Morgan fingerprint density at radius 3 is 2.52 bits per heavy atom. The molecule has 0 spiro atoms. The van der Waals surface area contributed by atoms with Crippen molar-refractivity contribution >= 4 is 23.4 Å². The van der Waals surface area contributed by atoms with Crippen LogP contribution in [-0.4, -0.2) is 35.7 Å². The monoisotopic (exact) mass is 343 g/mol. The maximum Gasteiger partial charge on any atom is 0.229 e. The fraction of sp³-hybridized carbons (Fsp3) is 0.526. The average molecular weight is 343 g/mol. The Morgan fingerprint density at radius 1 is 1.12 bits per heavy atom. The maximum atomic E-state index is 12.3. The summed E-state index contributed by atoms with van der Waals surface area (Å²) in [6.07, 6.45) is 4.22. The summed E-state index contributed by atoms with van der Waals surface area (Å²) in [5, 5.41) is 6.28. The number of amides is 3. The molecule has 2 heterocycles. The number of rotatable bonds is 6. The number of nitrogens with one attached hydrogen (secondary N) is 2. The van der Waals surface area contributed by atoms with Crippen LogP contribution in [0.25, 0.3) is 0 Å². The van der Waals surface area contributed by atoms with Crippen LogP contribution in [0.15, 0.2) is 24.3 Å². The first-order valence-corrected chi connectivity index (χ1v) is 9.05. The van der Waals surface area contributed by atoms with Gasteiger partial charge in [-0.15, -0.1) is 0 Å². The number of likely N-dealkylation sites (tertiary alicyclic amines) is 1. The fourth-order valence-corrected chi connectivity index (χ4v) is 3.47. The first-order chi connectivity index (χ1) is 12.1. The van der Waals surface area contributed by atoms with Crippen molar-refractivity contribution in [2.24, 2.45) is 5.92 Å². The molecule has 0 radical (unpaired) electrons. The fourth-order valence-electron chi connectivity index (χ4n) is 3.47. The molecule has 3 rings (SSSR count). The van der Waals surface area contributed by atoms with Gasteiger partial charge in [-0.25, -0.2) is 0 Å². The van der Waals surface area contributed by atoms with Gasteiger partial charge in [-0.05, 0) is 49.9 Å². The molecule has 2 saturated heterocycles. The van der Waals surface area contributed by atoms with Gasteiger partial charge in [0.25, 0.3) is 0 Å². The first kappa shape index (κ1) is 17.6. The van der Waals surface area contributed by atoms with Crippen molar-refractivity contribution in [3.8, 4) is 0 Å². The topological polar surface area (TPSA) is 78.5 Å². The Morgan fingerprint density at radius 2 is 1.80 bits per heavy atom. The number of nitrogens with zero attached hydrogens (tertiary/aromatic N) is 1. The molecule has 1 aromatic rings. The summed E-state index contributed by atoms with van der Waals surface area (Å²) in [7, 11) is 0. The molecule has 0 unspecified atom stereocenters. The van der Waals surface area contributed by atoms with E-state index in [-0.39, 0.29) is 37.1 Å². The van der Waals surface area contributed by atoms with E-state index in [2.05, 4.69) is 10.6 Å². The molecule has 0 saturated carbocycles. The number of piperidine rings is 1. The van der Waals surface area contributed by atoms with Crippen LogP contribution >= 0.6 is 0 Å². The largest absolute Gasteiger partial charge is 0.326 e. The van der Waals surface area contributed by atoms with E-state index in [1.54, 1.807) is 0 Å². The predicted octanol–water partition coefficient (Wildman–Crippen LogP) is 2.05. The van der Waals surface area contributed by atoms with Crippen LogP contribution in [-0.2, 0) is 20.9 Å². The number of anilines is 1. The smallest absolute Gasteiger partial charge is 0.229 e. The van der Waals surface area contributed by atoms with E-state index in [1.807, 2.05) is 24.3 Å². The zero-order valence-electron chi connectivity index (χ0n) is 14.4. The standard InChI is InChI=1S/C19H25N3O3/c23-17(6-5-14-9-11-20-12-10-14)21-16-4-2-1-3-15(16)13-22-18(24)7-8-19(22)25/h1-4,14,20H,5-13H2,(H,21,23). The molecule has 134 valence electrons. The number of hydrogen-bond donors (Lipinski definition) is 2. The van der Waals surface area contributed by atoms with Crippen LogP contribution < -0.4 is 10.6 Å². The van der Waals surface area contributed by atoms with Crippen molar-refractivity contribution < 1.29 is 14.4 Å². The highest BCUT2D eigenvalue weighted by Crippen LogP contribution is 2.23. The lowest BCUT2D eigenvalue weighted by Gasteiger charge is -2.22. The van der Waals surface area contributed by atoms with Crippen molar-refractivity contribution in [3.63, 3.8) is 0 Å². The summed E-state index contributed by atoms with van der Waals surface area (Å²) in [6, 6.07) is 7.37. The Balaban J connectivity index is 1.57. The Labute approximate surface area is 148 Å². The summed E-state index contributed by atoms with van der Waals surface area (Å²) in [4.78, 5) is 37.2. The molecule has 1 aromatic carbocycles.